The lowest BCUT2D eigenvalue weighted by Gasteiger charge is -2.29. The lowest BCUT2D eigenvalue weighted by molar-refractivity contribution is -0.138. The maximum atomic E-state index is 12.4. The Labute approximate surface area is 106 Å². The highest BCUT2D eigenvalue weighted by atomic mass is 32.1. The van der Waals surface area contributed by atoms with Crippen molar-refractivity contribution in [3.05, 3.63) is 5.01 Å². The summed E-state index contributed by atoms with van der Waals surface area (Å²) in [5.74, 6) is 0.216. The fraction of sp³-hybridized carbons (Fsp3) is 0.700. The molecule has 8 heteroatoms. The number of aromatic nitrogens is 2. The summed E-state index contributed by atoms with van der Waals surface area (Å²) in [5, 5.41) is 6.04. The van der Waals surface area contributed by atoms with Gasteiger partial charge in [0.05, 0.1) is 0 Å². The third-order valence-corrected chi connectivity index (χ3v) is 4.08. The van der Waals surface area contributed by atoms with Gasteiger partial charge in [0.1, 0.15) is 5.78 Å². The van der Waals surface area contributed by atoms with Gasteiger partial charge >= 0.3 is 6.18 Å². The molecule has 0 N–H and O–H groups in total. The number of Topliss-reactive ketones (excluding diaryl/α,β-unsaturated/α-hetero) is 1. The molecule has 18 heavy (non-hydrogen) atoms. The molecule has 0 spiro atoms. The molecule has 0 unspecified atom stereocenters. The number of ketones is 1. The van der Waals surface area contributed by atoms with Crippen molar-refractivity contribution in [1.29, 1.82) is 0 Å². The minimum atomic E-state index is -4.45. The maximum Gasteiger partial charge on any atom is 0.445 e. The fourth-order valence-electron chi connectivity index (χ4n) is 1.94. The third-order valence-electron chi connectivity index (χ3n) is 3.02. The van der Waals surface area contributed by atoms with Crippen LogP contribution in [0.3, 0.4) is 0 Å². The maximum absolute atomic E-state index is 12.4. The molecule has 1 aromatic heterocycles. The van der Waals surface area contributed by atoms with Crippen LogP contribution in [0.4, 0.5) is 18.3 Å². The largest absolute Gasteiger partial charge is 0.445 e. The zero-order valence-electron chi connectivity index (χ0n) is 9.70. The van der Waals surface area contributed by atoms with Gasteiger partial charge in [0.25, 0.3) is 0 Å². The zero-order valence-corrected chi connectivity index (χ0v) is 10.5. The average Bonchev–Trinajstić information content (AvgIpc) is 2.78. The van der Waals surface area contributed by atoms with Crippen LogP contribution < -0.4 is 4.90 Å². The first-order chi connectivity index (χ1) is 8.38. The minimum absolute atomic E-state index is 0.0664. The predicted molar refractivity (Wildman–Crippen MR) is 60.6 cm³/mol. The van der Waals surface area contributed by atoms with Crippen LogP contribution in [0.25, 0.3) is 0 Å². The van der Waals surface area contributed by atoms with Gasteiger partial charge in [0, 0.05) is 25.9 Å². The second-order valence-electron chi connectivity index (χ2n) is 4.27. The van der Waals surface area contributed by atoms with Crippen LogP contribution in [0.15, 0.2) is 0 Å². The molecule has 100 valence electrons. The summed E-state index contributed by atoms with van der Waals surface area (Å²) in [6.07, 6.45) is -2.15. The number of halogens is 3. The molecular weight excluding hydrogens is 267 g/mol. The fourth-order valence-corrected chi connectivity index (χ4v) is 2.69. The van der Waals surface area contributed by atoms with Crippen molar-refractivity contribution < 1.29 is 18.0 Å². The smallest absolute Gasteiger partial charge is 0.347 e. The SMILES string of the molecule is CN(c1nnc(C(F)(F)F)s1)C1CCC(=O)CC1. The lowest BCUT2D eigenvalue weighted by atomic mass is 9.94. The summed E-state index contributed by atoms with van der Waals surface area (Å²) >= 11 is 0.536. The van der Waals surface area contributed by atoms with Crippen molar-refractivity contribution in [2.24, 2.45) is 0 Å². The first-order valence-corrected chi connectivity index (χ1v) is 6.35. The molecule has 0 atom stereocenters. The van der Waals surface area contributed by atoms with E-state index in [0.29, 0.717) is 37.0 Å². The quantitative estimate of drug-likeness (QED) is 0.834. The Morgan fingerprint density at radius 3 is 2.39 bits per heavy atom. The van der Waals surface area contributed by atoms with Crippen LogP contribution in [-0.4, -0.2) is 29.1 Å². The number of hydrogen-bond acceptors (Lipinski definition) is 5. The van der Waals surface area contributed by atoms with Crippen molar-refractivity contribution in [2.75, 3.05) is 11.9 Å². The molecular formula is C10H12F3N3OS. The van der Waals surface area contributed by atoms with E-state index in [9.17, 15) is 18.0 Å². The Hall–Kier alpha value is -1.18. The summed E-state index contributed by atoms with van der Waals surface area (Å²) in [6.45, 7) is 0. The van der Waals surface area contributed by atoms with Crippen molar-refractivity contribution in [3.8, 4) is 0 Å². The summed E-state index contributed by atoms with van der Waals surface area (Å²) in [5.41, 5.74) is 0. The Balaban J connectivity index is 2.07. The van der Waals surface area contributed by atoms with E-state index in [1.54, 1.807) is 11.9 Å². The molecule has 1 aromatic rings. The van der Waals surface area contributed by atoms with E-state index in [0.717, 1.165) is 0 Å². The number of anilines is 1. The summed E-state index contributed by atoms with van der Waals surface area (Å²) in [4.78, 5) is 12.8. The molecule has 1 fully saturated rings. The summed E-state index contributed by atoms with van der Waals surface area (Å²) < 4.78 is 37.2. The predicted octanol–water partition coefficient (Wildman–Crippen LogP) is 2.50. The molecule has 1 saturated carbocycles. The molecule has 0 aliphatic heterocycles. The normalized spacial score (nSPS) is 18.1. The van der Waals surface area contributed by atoms with Gasteiger partial charge in [-0.2, -0.15) is 13.2 Å². The molecule has 1 aliphatic rings. The van der Waals surface area contributed by atoms with Gasteiger partial charge in [0.15, 0.2) is 0 Å². The van der Waals surface area contributed by atoms with Crippen molar-refractivity contribution in [2.45, 2.75) is 37.9 Å². The number of carbonyl (C=O) groups is 1. The van der Waals surface area contributed by atoms with Crippen molar-refractivity contribution >= 4 is 22.3 Å². The number of hydrogen-bond donors (Lipinski definition) is 0. The molecule has 0 saturated heterocycles. The molecule has 2 rings (SSSR count). The first-order valence-electron chi connectivity index (χ1n) is 5.53. The van der Waals surface area contributed by atoms with Gasteiger partial charge in [0.2, 0.25) is 10.1 Å². The lowest BCUT2D eigenvalue weighted by Crippen LogP contribution is -2.35. The van der Waals surface area contributed by atoms with Crippen LogP contribution >= 0.6 is 11.3 Å². The van der Waals surface area contributed by atoms with Gasteiger partial charge in [-0.15, -0.1) is 10.2 Å². The Bertz CT molecular complexity index is 436. The topological polar surface area (TPSA) is 46.1 Å². The van der Waals surface area contributed by atoms with E-state index < -0.39 is 11.2 Å². The Kier molecular flexibility index (Phi) is 3.56. The standard InChI is InChI=1S/C10H12F3N3OS/c1-16(6-2-4-7(17)5-3-6)9-15-14-8(18-9)10(11,12)13/h6H,2-5H2,1H3. The second kappa shape index (κ2) is 4.83. The van der Waals surface area contributed by atoms with E-state index in [-0.39, 0.29) is 17.0 Å². The third kappa shape index (κ3) is 2.80. The second-order valence-corrected chi connectivity index (χ2v) is 5.22. The van der Waals surface area contributed by atoms with E-state index in [2.05, 4.69) is 10.2 Å². The van der Waals surface area contributed by atoms with E-state index in [4.69, 9.17) is 0 Å². The van der Waals surface area contributed by atoms with E-state index in [1.807, 2.05) is 0 Å². The van der Waals surface area contributed by atoms with Gasteiger partial charge in [-0.25, -0.2) is 0 Å². The molecule has 0 amide bonds. The highest BCUT2D eigenvalue weighted by Gasteiger charge is 2.36. The number of nitrogens with zero attached hydrogens (tertiary/aromatic N) is 3. The van der Waals surface area contributed by atoms with Crippen LogP contribution in [-0.2, 0) is 11.0 Å². The average molecular weight is 279 g/mol. The first kappa shape index (κ1) is 13.3. The molecule has 0 aromatic carbocycles. The Morgan fingerprint density at radius 2 is 1.89 bits per heavy atom. The number of rotatable bonds is 2. The van der Waals surface area contributed by atoms with E-state index in [1.165, 1.54) is 0 Å². The molecule has 0 radical (unpaired) electrons. The highest BCUT2D eigenvalue weighted by molar-refractivity contribution is 7.15. The minimum Gasteiger partial charge on any atom is -0.347 e. The van der Waals surface area contributed by atoms with Gasteiger partial charge < -0.3 is 4.90 Å². The zero-order chi connectivity index (χ0) is 13.3. The van der Waals surface area contributed by atoms with Gasteiger partial charge in [-0.05, 0) is 12.8 Å². The summed E-state index contributed by atoms with van der Waals surface area (Å²) in [7, 11) is 1.70. The van der Waals surface area contributed by atoms with Gasteiger partial charge in [-0.1, -0.05) is 11.3 Å². The number of carbonyl (C=O) groups excluding carboxylic acids is 1. The molecule has 1 heterocycles. The number of alkyl halides is 3. The highest BCUT2D eigenvalue weighted by Crippen LogP contribution is 2.35. The Morgan fingerprint density at radius 1 is 1.28 bits per heavy atom. The summed E-state index contributed by atoms with van der Waals surface area (Å²) in [6, 6.07) is 0.0664. The van der Waals surface area contributed by atoms with Crippen LogP contribution in [0.1, 0.15) is 30.7 Å². The molecule has 4 nitrogen and oxygen atoms in total. The van der Waals surface area contributed by atoms with E-state index >= 15 is 0 Å². The van der Waals surface area contributed by atoms with Crippen LogP contribution in [0.2, 0.25) is 0 Å². The van der Waals surface area contributed by atoms with Gasteiger partial charge in [-0.3, -0.25) is 4.79 Å². The molecule has 0 bridgehead atoms. The van der Waals surface area contributed by atoms with Crippen LogP contribution in [0, 0.1) is 0 Å². The molecule has 1 aliphatic carbocycles. The monoisotopic (exact) mass is 279 g/mol. The van der Waals surface area contributed by atoms with Crippen molar-refractivity contribution in [1.82, 2.24) is 10.2 Å². The van der Waals surface area contributed by atoms with Crippen LogP contribution in [0.5, 0.6) is 0 Å². The van der Waals surface area contributed by atoms with Crippen molar-refractivity contribution in [3.63, 3.8) is 0 Å².